The van der Waals surface area contributed by atoms with Crippen LogP contribution in [0.3, 0.4) is 0 Å². The van der Waals surface area contributed by atoms with E-state index in [-0.39, 0.29) is 17.2 Å². The number of hydrogen-bond acceptors (Lipinski definition) is 8. The molecule has 0 fully saturated rings. The van der Waals surface area contributed by atoms with E-state index < -0.39 is 10.0 Å². The Balaban J connectivity index is 1.51. The quantitative estimate of drug-likeness (QED) is 0.400. The Morgan fingerprint density at radius 2 is 1.83 bits per heavy atom. The molecule has 11 heteroatoms. The number of amides is 1. The molecule has 0 saturated carbocycles. The highest BCUT2D eigenvalue weighted by Crippen LogP contribution is 2.20. The SMILES string of the molecule is Cc1cc(C)nc(SCCC(=O)Nc2ccc(S(=O)(=O)Nc3nccs3)cc2)n1. The molecule has 0 spiro atoms. The Morgan fingerprint density at radius 1 is 1.14 bits per heavy atom. The molecule has 2 N–H and O–H groups in total. The molecule has 2 aromatic heterocycles. The van der Waals surface area contributed by atoms with Gasteiger partial charge in [0, 0.05) is 40.8 Å². The van der Waals surface area contributed by atoms with Gasteiger partial charge in [0.1, 0.15) is 0 Å². The van der Waals surface area contributed by atoms with Crippen LogP contribution in [0.2, 0.25) is 0 Å². The van der Waals surface area contributed by atoms with Crippen molar-refractivity contribution in [2.45, 2.75) is 30.3 Å². The van der Waals surface area contributed by atoms with Crippen molar-refractivity contribution in [1.82, 2.24) is 15.0 Å². The first-order chi connectivity index (χ1) is 13.8. The molecular formula is C18H19N5O3S3. The molecule has 0 unspecified atom stereocenters. The average molecular weight is 450 g/mol. The molecule has 3 aromatic rings. The zero-order chi connectivity index (χ0) is 20.9. The van der Waals surface area contributed by atoms with Gasteiger partial charge in [-0.3, -0.25) is 9.52 Å². The summed E-state index contributed by atoms with van der Waals surface area (Å²) in [5, 5.41) is 5.39. The van der Waals surface area contributed by atoms with Gasteiger partial charge in [0.2, 0.25) is 5.91 Å². The van der Waals surface area contributed by atoms with Gasteiger partial charge in [0.15, 0.2) is 10.3 Å². The van der Waals surface area contributed by atoms with Gasteiger partial charge < -0.3 is 5.32 Å². The Kier molecular flexibility index (Phi) is 6.83. The fourth-order valence-electron chi connectivity index (χ4n) is 2.38. The molecule has 0 saturated heterocycles. The monoisotopic (exact) mass is 449 g/mol. The zero-order valence-electron chi connectivity index (χ0n) is 15.7. The van der Waals surface area contributed by atoms with Crippen LogP contribution in [0.5, 0.6) is 0 Å². The third-order valence-electron chi connectivity index (χ3n) is 3.62. The number of rotatable bonds is 8. The predicted octanol–water partition coefficient (Wildman–Crippen LogP) is 3.47. The van der Waals surface area contributed by atoms with Crippen molar-refractivity contribution in [1.29, 1.82) is 0 Å². The fourth-order valence-corrected chi connectivity index (χ4v) is 5.06. The van der Waals surface area contributed by atoms with Gasteiger partial charge in [-0.1, -0.05) is 11.8 Å². The van der Waals surface area contributed by atoms with E-state index in [4.69, 9.17) is 0 Å². The van der Waals surface area contributed by atoms with Crippen LogP contribution < -0.4 is 10.0 Å². The lowest BCUT2D eigenvalue weighted by Crippen LogP contribution is -2.14. The maximum Gasteiger partial charge on any atom is 0.263 e. The van der Waals surface area contributed by atoms with Crippen LogP contribution in [-0.4, -0.2) is 35.0 Å². The highest BCUT2D eigenvalue weighted by Gasteiger charge is 2.15. The molecule has 0 radical (unpaired) electrons. The number of sulfonamides is 1. The largest absolute Gasteiger partial charge is 0.326 e. The van der Waals surface area contributed by atoms with Gasteiger partial charge in [-0.05, 0) is 44.2 Å². The Bertz CT molecular complexity index is 1060. The summed E-state index contributed by atoms with van der Waals surface area (Å²) in [4.78, 5) is 24.8. The lowest BCUT2D eigenvalue weighted by molar-refractivity contribution is -0.115. The molecule has 152 valence electrons. The number of hydrogen-bond donors (Lipinski definition) is 2. The van der Waals surface area contributed by atoms with E-state index >= 15 is 0 Å². The first-order valence-corrected chi connectivity index (χ1v) is 11.9. The first-order valence-electron chi connectivity index (χ1n) is 8.59. The van der Waals surface area contributed by atoms with E-state index in [0.717, 1.165) is 11.4 Å². The molecule has 0 aliphatic carbocycles. The van der Waals surface area contributed by atoms with E-state index in [2.05, 4.69) is 25.0 Å². The maximum atomic E-state index is 12.3. The van der Waals surface area contributed by atoms with Crippen molar-refractivity contribution in [2.75, 3.05) is 15.8 Å². The molecule has 0 bridgehead atoms. The number of aromatic nitrogens is 3. The van der Waals surface area contributed by atoms with E-state index in [0.29, 0.717) is 21.7 Å². The third-order valence-corrected chi connectivity index (χ3v) is 6.65. The van der Waals surface area contributed by atoms with Gasteiger partial charge in [0.05, 0.1) is 4.90 Å². The first kappa shape index (κ1) is 21.2. The van der Waals surface area contributed by atoms with Crippen LogP contribution in [0, 0.1) is 13.8 Å². The topological polar surface area (TPSA) is 114 Å². The minimum Gasteiger partial charge on any atom is -0.326 e. The van der Waals surface area contributed by atoms with E-state index in [9.17, 15) is 13.2 Å². The number of carbonyl (C=O) groups is 1. The summed E-state index contributed by atoms with van der Waals surface area (Å²) < 4.78 is 27.0. The van der Waals surface area contributed by atoms with Gasteiger partial charge >= 0.3 is 0 Å². The van der Waals surface area contributed by atoms with Gasteiger partial charge in [0.25, 0.3) is 10.0 Å². The van der Waals surface area contributed by atoms with E-state index in [1.54, 1.807) is 17.5 Å². The second-order valence-electron chi connectivity index (χ2n) is 6.05. The summed E-state index contributed by atoms with van der Waals surface area (Å²) in [5.41, 5.74) is 2.31. The second-order valence-corrected chi connectivity index (χ2v) is 9.69. The number of thiazole rings is 1. The van der Waals surface area contributed by atoms with Crippen molar-refractivity contribution < 1.29 is 13.2 Å². The number of thioether (sulfide) groups is 1. The lowest BCUT2D eigenvalue weighted by Gasteiger charge is -2.08. The van der Waals surface area contributed by atoms with Crippen LogP contribution in [0.4, 0.5) is 10.8 Å². The highest BCUT2D eigenvalue weighted by atomic mass is 32.2. The number of nitrogens with zero attached hydrogens (tertiary/aromatic N) is 3. The van der Waals surface area contributed by atoms with Crippen molar-refractivity contribution >= 4 is 49.8 Å². The molecular weight excluding hydrogens is 430 g/mol. The number of carbonyl (C=O) groups excluding carboxylic acids is 1. The van der Waals surface area contributed by atoms with Crippen molar-refractivity contribution in [3.05, 3.63) is 53.3 Å². The second kappa shape index (κ2) is 9.33. The van der Waals surface area contributed by atoms with Gasteiger partial charge in [-0.2, -0.15) is 0 Å². The summed E-state index contributed by atoms with van der Waals surface area (Å²) in [6, 6.07) is 7.86. The van der Waals surface area contributed by atoms with Crippen molar-refractivity contribution in [3.63, 3.8) is 0 Å². The number of aryl methyl sites for hydroxylation is 2. The van der Waals surface area contributed by atoms with Gasteiger partial charge in [-0.25, -0.2) is 23.4 Å². The number of anilines is 2. The van der Waals surface area contributed by atoms with Crippen LogP contribution in [0.25, 0.3) is 0 Å². The maximum absolute atomic E-state index is 12.3. The summed E-state index contributed by atoms with van der Waals surface area (Å²) in [5.74, 6) is 0.372. The Morgan fingerprint density at radius 3 is 2.45 bits per heavy atom. The van der Waals surface area contributed by atoms with Crippen molar-refractivity contribution in [2.24, 2.45) is 0 Å². The third kappa shape index (κ3) is 6.24. The van der Waals surface area contributed by atoms with Crippen LogP contribution >= 0.6 is 23.1 Å². The van der Waals surface area contributed by atoms with Crippen LogP contribution in [-0.2, 0) is 14.8 Å². The molecule has 1 amide bonds. The van der Waals surface area contributed by atoms with E-state index in [1.807, 2.05) is 19.9 Å². The summed E-state index contributed by atoms with van der Waals surface area (Å²) in [6.45, 7) is 3.81. The smallest absolute Gasteiger partial charge is 0.263 e. The number of nitrogens with one attached hydrogen (secondary N) is 2. The van der Waals surface area contributed by atoms with E-state index in [1.165, 1.54) is 41.4 Å². The Labute approximate surface area is 177 Å². The number of benzene rings is 1. The predicted molar refractivity (Wildman–Crippen MR) is 115 cm³/mol. The molecule has 1 aromatic carbocycles. The molecule has 2 heterocycles. The summed E-state index contributed by atoms with van der Waals surface area (Å²) in [6.07, 6.45) is 1.80. The fraction of sp³-hybridized carbons (Fsp3) is 0.222. The molecule has 0 aliphatic rings. The molecule has 29 heavy (non-hydrogen) atoms. The molecule has 0 aliphatic heterocycles. The Hall–Kier alpha value is -2.50. The minimum atomic E-state index is -3.71. The average Bonchev–Trinajstić information content (AvgIpc) is 3.13. The van der Waals surface area contributed by atoms with Crippen LogP contribution in [0.15, 0.2) is 52.0 Å². The van der Waals surface area contributed by atoms with Gasteiger partial charge in [-0.15, -0.1) is 11.3 Å². The summed E-state index contributed by atoms with van der Waals surface area (Å²) >= 11 is 2.61. The molecule has 3 rings (SSSR count). The van der Waals surface area contributed by atoms with Crippen molar-refractivity contribution in [3.8, 4) is 0 Å². The summed E-state index contributed by atoms with van der Waals surface area (Å²) in [7, 11) is -3.71. The molecule has 8 nitrogen and oxygen atoms in total. The molecule has 0 atom stereocenters. The van der Waals surface area contributed by atoms with Crippen LogP contribution in [0.1, 0.15) is 17.8 Å². The zero-order valence-corrected chi connectivity index (χ0v) is 18.2. The standard InChI is InChI=1S/C18H19N5O3S3/c1-12-11-13(2)21-18(20-12)27-9-7-16(24)22-14-3-5-15(6-4-14)29(25,26)23-17-19-8-10-28-17/h3-6,8,10-11H,7,9H2,1-2H3,(H,19,23)(H,22,24). The lowest BCUT2D eigenvalue weighted by atomic mass is 10.3. The highest BCUT2D eigenvalue weighted by molar-refractivity contribution is 7.99. The normalized spacial score (nSPS) is 11.2. The minimum absolute atomic E-state index is 0.0909.